The molecule has 1 heterocycles. The number of primary amides is 1. The Balaban J connectivity index is 1.74. The molecule has 0 aliphatic rings. The summed E-state index contributed by atoms with van der Waals surface area (Å²) in [7, 11) is 0. The summed E-state index contributed by atoms with van der Waals surface area (Å²) >= 11 is 0. The lowest BCUT2D eigenvalue weighted by atomic mass is 10.1. The first kappa shape index (κ1) is 21.3. The van der Waals surface area contributed by atoms with Crippen molar-refractivity contribution in [3.63, 3.8) is 0 Å². The number of nitrogens with two attached hydrogens (primary N) is 1. The van der Waals surface area contributed by atoms with Crippen LogP contribution < -0.4 is 10.5 Å². The molecule has 3 rings (SSSR count). The van der Waals surface area contributed by atoms with Crippen molar-refractivity contribution >= 4 is 5.91 Å². The molecular formula is C21H17F3N2O4. The Hall–Kier alpha value is -3.43. The molecule has 0 bridgehead atoms. The third-order valence-corrected chi connectivity index (χ3v) is 4.23. The van der Waals surface area contributed by atoms with Crippen molar-refractivity contribution < 1.29 is 32.9 Å². The summed E-state index contributed by atoms with van der Waals surface area (Å²) in [6.07, 6.45) is -7.76. The first-order chi connectivity index (χ1) is 14.1. The molecule has 0 radical (unpaired) electrons. The molecule has 0 saturated carbocycles. The van der Waals surface area contributed by atoms with Crippen LogP contribution in [0.3, 0.4) is 0 Å². The number of aliphatic hydroxyl groups excluding tert-OH is 2. The third kappa shape index (κ3) is 4.94. The number of alkyl halides is 3. The fraction of sp³-hybridized carbons (Fsp3) is 0.143. The molecular weight excluding hydrogens is 401 g/mol. The first-order valence-corrected chi connectivity index (χ1v) is 8.73. The summed E-state index contributed by atoms with van der Waals surface area (Å²) in [5.41, 5.74) is 5.41. The maximum absolute atomic E-state index is 12.6. The van der Waals surface area contributed by atoms with Crippen LogP contribution in [-0.4, -0.2) is 27.2 Å². The fourth-order valence-electron chi connectivity index (χ4n) is 2.64. The van der Waals surface area contributed by atoms with Gasteiger partial charge in [-0.25, -0.2) is 4.98 Å². The molecule has 30 heavy (non-hydrogen) atoms. The van der Waals surface area contributed by atoms with E-state index in [1.807, 2.05) is 0 Å². The van der Waals surface area contributed by atoms with Crippen molar-refractivity contribution in [1.29, 1.82) is 0 Å². The second-order valence-corrected chi connectivity index (χ2v) is 6.39. The monoisotopic (exact) mass is 418 g/mol. The van der Waals surface area contributed by atoms with Gasteiger partial charge in [-0.3, -0.25) is 4.79 Å². The molecule has 1 amide bonds. The van der Waals surface area contributed by atoms with Gasteiger partial charge in [-0.05, 0) is 60.7 Å². The Morgan fingerprint density at radius 3 is 2.03 bits per heavy atom. The highest BCUT2D eigenvalue weighted by atomic mass is 19.4. The maximum Gasteiger partial charge on any atom is 0.416 e. The summed E-state index contributed by atoms with van der Waals surface area (Å²) < 4.78 is 43.4. The molecule has 2 atom stereocenters. The second-order valence-electron chi connectivity index (χ2n) is 6.39. The average molecular weight is 418 g/mol. The van der Waals surface area contributed by atoms with E-state index >= 15 is 0 Å². The molecule has 9 heteroatoms. The van der Waals surface area contributed by atoms with Crippen LogP contribution >= 0.6 is 0 Å². The summed E-state index contributed by atoms with van der Waals surface area (Å²) in [6.45, 7) is 0. The van der Waals surface area contributed by atoms with Crippen molar-refractivity contribution in [3.8, 4) is 22.8 Å². The lowest BCUT2D eigenvalue weighted by Gasteiger charge is -2.15. The number of rotatable bonds is 6. The number of halogens is 3. The van der Waals surface area contributed by atoms with Crippen LogP contribution in [0.2, 0.25) is 0 Å². The van der Waals surface area contributed by atoms with Crippen LogP contribution in [0.25, 0.3) is 11.3 Å². The quantitative estimate of drug-likeness (QED) is 0.569. The van der Waals surface area contributed by atoms with Crippen LogP contribution in [0.5, 0.6) is 11.5 Å². The largest absolute Gasteiger partial charge is 0.457 e. The number of nitrogens with zero attached hydrogens (tertiary/aromatic N) is 1. The zero-order valence-electron chi connectivity index (χ0n) is 15.4. The van der Waals surface area contributed by atoms with Gasteiger partial charge in [0.25, 0.3) is 0 Å². The fourth-order valence-corrected chi connectivity index (χ4v) is 2.64. The van der Waals surface area contributed by atoms with Gasteiger partial charge in [-0.1, -0.05) is 6.07 Å². The minimum Gasteiger partial charge on any atom is -0.457 e. The number of aliphatic hydroxyl groups is 2. The highest BCUT2D eigenvalue weighted by molar-refractivity contribution is 5.79. The number of carbonyl (C=O) groups excluding carboxylic acids is 1. The second kappa shape index (κ2) is 8.52. The lowest BCUT2D eigenvalue weighted by molar-refractivity contribution is -0.137. The van der Waals surface area contributed by atoms with Gasteiger partial charge in [-0.2, -0.15) is 13.2 Å². The standard InChI is InChI=1S/C21H17F3N2O4/c22-21(23,24)13-6-10-15(11-7-13)30-14-8-4-12(5-9-14)16-2-1-3-17(26-16)18(27)19(28)20(25)29/h1-11,18-19,27-28H,(H2,25,29)/t18-,19+/m0/s1. The molecule has 0 unspecified atom stereocenters. The molecule has 0 aliphatic carbocycles. The van der Waals surface area contributed by atoms with Crippen molar-refractivity contribution in [2.45, 2.75) is 18.4 Å². The molecule has 0 fully saturated rings. The van der Waals surface area contributed by atoms with Crippen LogP contribution in [-0.2, 0) is 11.0 Å². The maximum atomic E-state index is 12.6. The number of aromatic nitrogens is 1. The number of ether oxygens (including phenoxy) is 1. The molecule has 6 nitrogen and oxygen atoms in total. The van der Waals surface area contributed by atoms with E-state index < -0.39 is 29.9 Å². The van der Waals surface area contributed by atoms with E-state index in [2.05, 4.69) is 4.98 Å². The minimum absolute atomic E-state index is 0.0730. The molecule has 1 aromatic heterocycles. The Kier molecular flexibility index (Phi) is 6.04. The Bertz CT molecular complexity index is 1020. The van der Waals surface area contributed by atoms with Crippen LogP contribution in [0.4, 0.5) is 13.2 Å². The van der Waals surface area contributed by atoms with Crippen molar-refractivity contribution in [3.05, 3.63) is 78.0 Å². The summed E-state index contributed by atoms with van der Waals surface area (Å²) in [5.74, 6) is -0.419. The predicted octanol–water partition coefficient (Wildman–Crippen LogP) is 3.44. The molecule has 0 saturated heterocycles. The number of hydrogen-bond acceptors (Lipinski definition) is 5. The summed E-state index contributed by atoms with van der Waals surface area (Å²) in [6, 6.07) is 15.6. The van der Waals surface area contributed by atoms with E-state index in [9.17, 15) is 28.2 Å². The number of pyridine rings is 1. The van der Waals surface area contributed by atoms with Gasteiger partial charge in [0.15, 0.2) is 6.10 Å². The van der Waals surface area contributed by atoms with E-state index in [1.54, 1.807) is 36.4 Å². The molecule has 3 aromatic rings. The first-order valence-electron chi connectivity index (χ1n) is 8.73. The van der Waals surface area contributed by atoms with Gasteiger partial charge < -0.3 is 20.7 Å². The van der Waals surface area contributed by atoms with E-state index in [-0.39, 0.29) is 11.4 Å². The highest BCUT2D eigenvalue weighted by Gasteiger charge is 2.30. The zero-order chi connectivity index (χ0) is 21.9. The van der Waals surface area contributed by atoms with Gasteiger partial charge in [0, 0.05) is 5.56 Å². The smallest absolute Gasteiger partial charge is 0.416 e. The number of hydrogen-bond donors (Lipinski definition) is 3. The third-order valence-electron chi connectivity index (χ3n) is 4.23. The van der Waals surface area contributed by atoms with E-state index in [4.69, 9.17) is 10.5 Å². The average Bonchev–Trinajstić information content (AvgIpc) is 2.73. The van der Waals surface area contributed by atoms with Crippen LogP contribution in [0.1, 0.15) is 17.4 Å². The molecule has 0 spiro atoms. The van der Waals surface area contributed by atoms with Gasteiger partial charge >= 0.3 is 6.18 Å². The van der Waals surface area contributed by atoms with E-state index in [0.29, 0.717) is 17.0 Å². The van der Waals surface area contributed by atoms with Gasteiger partial charge in [0.1, 0.15) is 17.6 Å². The van der Waals surface area contributed by atoms with Gasteiger partial charge in [0.2, 0.25) is 5.91 Å². The summed E-state index contributed by atoms with van der Waals surface area (Å²) in [5, 5.41) is 19.6. The van der Waals surface area contributed by atoms with Crippen LogP contribution in [0.15, 0.2) is 66.7 Å². The summed E-state index contributed by atoms with van der Waals surface area (Å²) in [4.78, 5) is 15.3. The normalized spacial score (nSPS) is 13.5. The van der Waals surface area contributed by atoms with E-state index in [1.165, 1.54) is 18.2 Å². The SMILES string of the molecule is NC(=O)[C@H](O)[C@@H](O)c1cccc(-c2ccc(Oc3ccc(C(F)(F)F)cc3)cc2)n1. The van der Waals surface area contributed by atoms with Gasteiger partial charge in [0.05, 0.1) is 17.0 Å². The van der Waals surface area contributed by atoms with Crippen molar-refractivity contribution in [2.24, 2.45) is 5.73 Å². The van der Waals surface area contributed by atoms with Crippen LogP contribution in [0, 0.1) is 0 Å². The van der Waals surface area contributed by atoms with Gasteiger partial charge in [-0.15, -0.1) is 0 Å². The zero-order valence-corrected chi connectivity index (χ0v) is 15.4. The van der Waals surface area contributed by atoms with Crippen molar-refractivity contribution in [2.75, 3.05) is 0 Å². The highest BCUT2D eigenvalue weighted by Crippen LogP contribution is 2.32. The number of amides is 1. The topological polar surface area (TPSA) is 106 Å². The number of benzene rings is 2. The Morgan fingerprint density at radius 1 is 0.933 bits per heavy atom. The van der Waals surface area contributed by atoms with E-state index in [0.717, 1.165) is 12.1 Å². The molecule has 0 aliphatic heterocycles. The number of carbonyl (C=O) groups is 1. The predicted molar refractivity (Wildman–Crippen MR) is 101 cm³/mol. The minimum atomic E-state index is -4.41. The lowest BCUT2D eigenvalue weighted by Crippen LogP contribution is -2.34. The van der Waals surface area contributed by atoms with Crippen molar-refractivity contribution in [1.82, 2.24) is 4.98 Å². The molecule has 156 valence electrons. The Morgan fingerprint density at radius 2 is 1.50 bits per heavy atom. The molecule has 4 N–H and O–H groups in total. The molecule has 2 aromatic carbocycles. The Labute approximate surface area is 169 Å².